The number of aromatic nitrogens is 2. The minimum absolute atomic E-state index is 0.0709. The number of amides is 1. The summed E-state index contributed by atoms with van der Waals surface area (Å²) in [5.74, 6) is 0.125. The molecule has 0 saturated heterocycles. The summed E-state index contributed by atoms with van der Waals surface area (Å²) >= 11 is 0. The number of carbonyl (C=O) groups excluding carboxylic acids is 1. The van der Waals surface area contributed by atoms with Gasteiger partial charge in [-0.3, -0.25) is 24.0 Å². The first-order valence-corrected chi connectivity index (χ1v) is 11.7. The standard InChI is InChI=1S/C26H32N4O5/c1-3-4-8-16-35-21-13-11-20(12-14-21)25(32)29(15-17-34-2)22-23(27)30(26(33)28-24(22)31)18-19-9-6-5-7-10-19/h5-7,9-14H,3-4,8,15-18,27H2,1-2H3,(H,28,31,33). The van der Waals surface area contributed by atoms with Crippen molar-refractivity contribution in [1.29, 1.82) is 0 Å². The molecule has 0 aliphatic carbocycles. The highest BCUT2D eigenvalue weighted by Gasteiger charge is 2.25. The topological polar surface area (TPSA) is 120 Å². The Kier molecular flexibility index (Phi) is 9.25. The smallest absolute Gasteiger partial charge is 0.330 e. The first-order chi connectivity index (χ1) is 17.0. The highest BCUT2D eigenvalue weighted by atomic mass is 16.5. The molecule has 9 heteroatoms. The first kappa shape index (κ1) is 25.8. The largest absolute Gasteiger partial charge is 0.494 e. The number of benzene rings is 2. The summed E-state index contributed by atoms with van der Waals surface area (Å²) in [6, 6.07) is 16.0. The summed E-state index contributed by atoms with van der Waals surface area (Å²) in [5.41, 5.74) is 6.00. The van der Waals surface area contributed by atoms with Gasteiger partial charge in [-0.25, -0.2) is 4.79 Å². The molecule has 0 atom stereocenters. The van der Waals surface area contributed by atoms with E-state index in [1.54, 1.807) is 24.3 Å². The van der Waals surface area contributed by atoms with E-state index in [2.05, 4.69) is 11.9 Å². The van der Waals surface area contributed by atoms with Crippen molar-refractivity contribution in [2.75, 3.05) is 37.5 Å². The molecule has 2 aromatic carbocycles. The molecule has 0 aliphatic rings. The van der Waals surface area contributed by atoms with Gasteiger partial charge in [0.1, 0.15) is 11.6 Å². The zero-order valence-electron chi connectivity index (χ0n) is 20.2. The zero-order chi connectivity index (χ0) is 25.2. The molecule has 1 amide bonds. The molecule has 3 N–H and O–H groups in total. The van der Waals surface area contributed by atoms with Crippen LogP contribution in [0.4, 0.5) is 11.5 Å². The van der Waals surface area contributed by atoms with Crippen LogP contribution in [0.1, 0.15) is 42.1 Å². The summed E-state index contributed by atoms with van der Waals surface area (Å²) < 4.78 is 12.1. The predicted molar refractivity (Wildman–Crippen MR) is 136 cm³/mol. The fourth-order valence-corrected chi connectivity index (χ4v) is 3.65. The highest BCUT2D eigenvalue weighted by Crippen LogP contribution is 2.21. The van der Waals surface area contributed by atoms with Crippen LogP contribution in [0.25, 0.3) is 0 Å². The molecule has 186 valence electrons. The Morgan fingerprint density at radius 1 is 1.03 bits per heavy atom. The maximum Gasteiger partial charge on any atom is 0.330 e. The Balaban J connectivity index is 1.92. The van der Waals surface area contributed by atoms with Crippen molar-refractivity contribution in [2.24, 2.45) is 0 Å². The molecule has 0 bridgehead atoms. The fourth-order valence-electron chi connectivity index (χ4n) is 3.65. The summed E-state index contributed by atoms with van der Waals surface area (Å²) in [6.07, 6.45) is 3.16. The van der Waals surface area contributed by atoms with Crippen LogP contribution in [0.5, 0.6) is 5.75 Å². The van der Waals surface area contributed by atoms with Crippen LogP contribution >= 0.6 is 0 Å². The molecule has 0 unspecified atom stereocenters. The zero-order valence-corrected chi connectivity index (χ0v) is 20.2. The average molecular weight is 481 g/mol. The number of rotatable bonds is 12. The molecule has 0 saturated carbocycles. The number of nitrogens with two attached hydrogens (primary N) is 1. The number of carbonyl (C=O) groups is 1. The van der Waals surface area contributed by atoms with Gasteiger partial charge in [0.25, 0.3) is 11.5 Å². The van der Waals surface area contributed by atoms with Gasteiger partial charge >= 0.3 is 5.69 Å². The van der Waals surface area contributed by atoms with E-state index in [1.807, 2.05) is 30.3 Å². The summed E-state index contributed by atoms with van der Waals surface area (Å²) in [7, 11) is 1.50. The molecule has 3 aromatic rings. The SMILES string of the molecule is CCCCCOc1ccc(C(=O)N(CCOC)c2c(N)n(Cc3ccccc3)c(=O)[nH]c2=O)cc1. The molecule has 9 nitrogen and oxygen atoms in total. The lowest BCUT2D eigenvalue weighted by Crippen LogP contribution is -2.42. The third-order valence-electron chi connectivity index (χ3n) is 5.55. The van der Waals surface area contributed by atoms with E-state index in [0.29, 0.717) is 17.9 Å². The van der Waals surface area contributed by atoms with Crippen molar-refractivity contribution in [3.8, 4) is 5.75 Å². The van der Waals surface area contributed by atoms with Crippen molar-refractivity contribution in [2.45, 2.75) is 32.7 Å². The van der Waals surface area contributed by atoms with Gasteiger partial charge in [0.2, 0.25) is 0 Å². The van der Waals surface area contributed by atoms with Crippen LogP contribution in [-0.4, -0.2) is 42.3 Å². The Morgan fingerprint density at radius 3 is 2.40 bits per heavy atom. The molecule has 1 heterocycles. The number of hydrogen-bond donors (Lipinski definition) is 2. The lowest BCUT2D eigenvalue weighted by molar-refractivity contribution is 0.0975. The van der Waals surface area contributed by atoms with Gasteiger partial charge in [0.15, 0.2) is 5.69 Å². The monoisotopic (exact) mass is 480 g/mol. The Morgan fingerprint density at radius 2 is 1.74 bits per heavy atom. The summed E-state index contributed by atoms with van der Waals surface area (Å²) in [6.45, 7) is 3.12. The first-order valence-electron chi connectivity index (χ1n) is 11.7. The maximum absolute atomic E-state index is 13.5. The van der Waals surface area contributed by atoms with E-state index in [1.165, 1.54) is 16.6 Å². The highest BCUT2D eigenvalue weighted by molar-refractivity contribution is 6.07. The van der Waals surface area contributed by atoms with Crippen LogP contribution in [0.2, 0.25) is 0 Å². The second-order valence-electron chi connectivity index (χ2n) is 8.09. The minimum Gasteiger partial charge on any atom is -0.494 e. The number of hydrogen-bond acceptors (Lipinski definition) is 6. The number of nitrogens with zero attached hydrogens (tertiary/aromatic N) is 2. The summed E-state index contributed by atoms with van der Waals surface area (Å²) in [5, 5.41) is 0. The molecule has 3 rings (SSSR count). The van der Waals surface area contributed by atoms with Crippen LogP contribution in [0.3, 0.4) is 0 Å². The molecule has 0 spiro atoms. The third kappa shape index (κ3) is 6.60. The number of aromatic amines is 1. The van der Waals surface area contributed by atoms with E-state index >= 15 is 0 Å². The molecule has 0 radical (unpaired) electrons. The van der Waals surface area contributed by atoms with Crippen molar-refractivity contribution >= 4 is 17.4 Å². The lowest BCUT2D eigenvalue weighted by Gasteiger charge is -2.24. The van der Waals surface area contributed by atoms with Crippen molar-refractivity contribution < 1.29 is 14.3 Å². The number of nitrogen functional groups attached to an aromatic ring is 1. The van der Waals surface area contributed by atoms with Crippen LogP contribution < -0.4 is 26.6 Å². The van der Waals surface area contributed by atoms with Crippen molar-refractivity contribution in [3.05, 3.63) is 86.6 Å². The predicted octanol–water partition coefficient (Wildman–Crippen LogP) is 3.03. The quantitative estimate of drug-likeness (QED) is 0.385. The van der Waals surface area contributed by atoms with Crippen LogP contribution in [-0.2, 0) is 11.3 Å². The van der Waals surface area contributed by atoms with E-state index in [-0.39, 0.29) is 31.2 Å². The normalized spacial score (nSPS) is 10.8. The van der Waals surface area contributed by atoms with Gasteiger partial charge in [-0.1, -0.05) is 50.1 Å². The van der Waals surface area contributed by atoms with E-state index in [4.69, 9.17) is 15.2 Å². The second-order valence-corrected chi connectivity index (χ2v) is 8.09. The van der Waals surface area contributed by atoms with Gasteiger partial charge in [0, 0.05) is 19.2 Å². The Labute approximate surface area is 204 Å². The number of nitrogens with one attached hydrogen (secondary N) is 1. The van der Waals surface area contributed by atoms with Gasteiger partial charge in [-0.15, -0.1) is 0 Å². The Hall–Kier alpha value is -3.85. The molecule has 0 aliphatic heterocycles. The van der Waals surface area contributed by atoms with Crippen molar-refractivity contribution in [3.63, 3.8) is 0 Å². The van der Waals surface area contributed by atoms with Crippen molar-refractivity contribution in [1.82, 2.24) is 9.55 Å². The Bertz CT molecular complexity index is 1220. The number of anilines is 2. The second kappa shape index (κ2) is 12.6. The average Bonchev–Trinajstić information content (AvgIpc) is 2.87. The van der Waals surface area contributed by atoms with Crippen LogP contribution in [0, 0.1) is 0 Å². The number of methoxy groups -OCH3 is 1. The summed E-state index contributed by atoms with van der Waals surface area (Å²) in [4.78, 5) is 42.4. The molecule has 35 heavy (non-hydrogen) atoms. The number of unbranched alkanes of at least 4 members (excludes halogenated alkanes) is 2. The van der Waals surface area contributed by atoms with Crippen LogP contribution in [0.15, 0.2) is 64.2 Å². The third-order valence-corrected chi connectivity index (χ3v) is 5.55. The maximum atomic E-state index is 13.5. The molecule has 1 aromatic heterocycles. The van der Waals surface area contributed by atoms with Gasteiger partial charge in [-0.05, 0) is 36.2 Å². The van der Waals surface area contributed by atoms with E-state index < -0.39 is 17.2 Å². The lowest BCUT2D eigenvalue weighted by atomic mass is 10.1. The van der Waals surface area contributed by atoms with Gasteiger partial charge in [0.05, 0.1) is 19.8 Å². The van der Waals surface area contributed by atoms with Gasteiger partial charge in [-0.2, -0.15) is 0 Å². The minimum atomic E-state index is -0.739. The number of ether oxygens (including phenoxy) is 2. The van der Waals surface area contributed by atoms with E-state index in [0.717, 1.165) is 24.8 Å². The number of H-pyrrole nitrogens is 1. The molecular formula is C26H32N4O5. The fraction of sp³-hybridized carbons (Fsp3) is 0.346. The van der Waals surface area contributed by atoms with E-state index in [9.17, 15) is 14.4 Å². The molecular weight excluding hydrogens is 448 g/mol. The van der Waals surface area contributed by atoms with Gasteiger partial charge < -0.3 is 15.2 Å². The molecule has 0 fully saturated rings.